The van der Waals surface area contributed by atoms with Gasteiger partial charge >= 0.3 is 0 Å². The molecule has 23 heavy (non-hydrogen) atoms. The van der Waals surface area contributed by atoms with Crippen molar-refractivity contribution in [3.8, 4) is 5.75 Å². The van der Waals surface area contributed by atoms with Gasteiger partial charge in [0.2, 0.25) is 0 Å². The molecular formula is C19H23NO3. The number of rotatable bonds is 7. The molecule has 1 amide bonds. The van der Waals surface area contributed by atoms with Gasteiger partial charge in [-0.1, -0.05) is 30.3 Å². The molecule has 0 aromatic heterocycles. The number of aliphatic hydroxyl groups excluding tert-OH is 1. The quantitative estimate of drug-likeness (QED) is 0.855. The number of amides is 1. The Morgan fingerprint density at radius 1 is 1.13 bits per heavy atom. The van der Waals surface area contributed by atoms with Crippen molar-refractivity contribution < 1.29 is 14.6 Å². The molecule has 2 aromatic rings. The van der Waals surface area contributed by atoms with Gasteiger partial charge < -0.3 is 14.7 Å². The number of likely N-dealkylation sites (N-methyl/N-ethyl adjacent to an activating group) is 1. The first kappa shape index (κ1) is 17.0. The SMILES string of the molecule is COc1ccc(C(CCO)CN(C)C(=O)c2ccccc2)cc1. The Kier molecular flexibility index (Phi) is 6.18. The molecule has 4 nitrogen and oxygen atoms in total. The Labute approximate surface area is 137 Å². The highest BCUT2D eigenvalue weighted by atomic mass is 16.5. The summed E-state index contributed by atoms with van der Waals surface area (Å²) >= 11 is 0. The number of hydrogen-bond acceptors (Lipinski definition) is 3. The highest BCUT2D eigenvalue weighted by Gasteiger charge is 2.18. The van der Waals surface area contributed by atoms with Gasteiger partial charge in [-0.3, -0.25) is 4.79 Å². The van der Waals surface area contributed by atoms with Gasteiger partial charge in [-0.25, -0.2) is 0 Å². The van der Waals surface area contributed by atoms with Crippen LogP contribution in [0.5, 0.6) is 5.75 Å². The molecule has 122 valence electrons. The van der Waals surface area contributed by atoms with Crippen molar-refractivity contribution >= 4 is 5.91 Å². The van der Waals surface area contributed by atoms with Gasteiger partial charge in [0.25, 0.3) is 5.91 Å². The standard InChI is InChI=1S/C19H23NO3/c1-20(19(22)16-6-4-3-5-7-16)14-17(12-13-21)15-8-10-18(23-2)11-9-15/h3-11,17,21H,12-14H2,1-2H3. The smallest absolute Gasteiger partial charge is 0.253 e. The molecular weight excluding hydrogens is 290 g/mol. The first-order valence-electron chi connectivity index (χ1n) is 7.71. The fourth-order valence-electron chi connectivity index (χ4n) is 2.61. The number of carbonyl (C=O) groups excluding carboxylic acids is 1. The maximum Gasteiger partial charge on any atom is 0.253 e. The molecule has 0 bridgehead atoms. The molecule has 2 aromatic carbocycles. The lowest BCUT2D eigenvalue weighted by atomic mass is 9.95. The minimum atomic E-state index is -0.0120. The van der Waals surface area contributed by atoms with Crippen LogP contribution in [0.15, 0.2) is 54.6 Å². The van der Waals surface area contributed by atoms with Crippen molar-refractivity contribution in [2.24, 2.45) is 0 Å². The van der Waals surface area contributed by atoms with Gasteiger partial charge in [-0.2, -0.15) is 0 Å². The number of hydrogen-bond donors (Lipinski definition) is 1. The van der Waals surface area contributed by atoms with Crippen molar-refractivity contribution in [3.05, 3.63) is 65.7 Å². The van der Waals surface area contributed by atoms with E-state index in [2.05, 4.69) is 0 Å². The summed E-state index contributed by atoms with van der Waals surface area (Å²) in [6.07, 6.45) is 0.610. The van der Waals surface area contributed by atoms with Crippen LogP contribution < -0.4 is 4.74 Å². The second-order valence-corrected chi connectivity index (χ2v) is 5.53. The zero-order valence-electron chi connectivity index (χ0n) is 13.6. The zero-order valence-corrected chi connectivity index (χ0v) is 13.6. The molecule has 0 radical (unpaired) electrons. The van der Waals surface area contributed by atoms with E-state index in [-0.39, 0.29) is 18.4 Å². The van der Waals surface area contributed by atoms with Crippen LogP contribution in [0.1, 0.15) is 28.3 Å². The molecule has 1 N–H and O–H groups in total. The van der Waals surface area contributed by atoms with Crippen molar-refractivity contribution in [1.82, 2.24) is 4.90 Å². The lowest BCUT2D eigenvalue weighted by molar-refractivity contribution is 0.0781. The van der Waals surface area contributed by atoms with Crippen LogP contribution in [-0.2, 0) is 0 Å². The molecule has 0 saturated carbocycles. The number of nitrogens with zero attached hydrogens (tertiary/aromatic N) is 1. The summed E-state index contributed by atoms with van der Waals surface area (Å²) in [4.78, 5) is 14.2. The normalized spacial score (nSPS) is 11.8. The summed E-state index contributed by atoms with van der Waals surface area (Å²) in [6, 6.07) is 17.0. The number of aliphatic hydroxyl groups is 1. The molecule has 0 spiro atoms. The Morgan fingerprint density at radius 3 is 2.35 bits per heavy atom. The highest BCUT2D eigenvalue weighted by Crippen LogP contribution is 2.23. The summed E-state index contributed by atoms with van der Waals surface area (Å²) in [5, 5.41) is 9.34. The Balaban J connectivity index is 2.10. The van der Waals surface area contributed by atoms with Gasteiger partial charge in [0.05, 0.1) is 7.11 Å². The third-order valence-electron chi connectivity index (χ3n) is 3.93. The summed E-state index contributed by atoms with van der Waals surface area (Å²) < 4.78 is 5.17. The average Bonchev–Trinajstić information content (AvgIpc) is 2.61. The number of methoxy groups -OCH3 is 1. The monoisotopic (exact) mass is 313 g/mol. The summed E-state index contributed by atoms with van der Waals surface area (Å²) in [6.45, 7) is 0.644. The van der Waals surface area contributed by atoms with Crippen LogP contribution in [0, 0.1) is 0 Å². The van der Waals surface area contributed by atoms with Crippen LogP contribution in [-0.4, -0.2) is 43.2 Å². The van der Waals surface area contributed by atoms with E-state index >= 15 is 0 Å². The Bertz CT molecular complexity index is 610. The first-order valence-corrected chi connectivity index (χ1v) is 7.71. The molecule has 1 unspecified atom stereocenters. The zero-order chi connectivity index (χ0) is 16.7. The van der Waals surface area contributed by atoms with Crippen LogP contribution in [0.4, 0.5) is 0 Å². The van der Waals surface area contributed by atoms with E-state index in [9.17, 15) is 9.90 Å². The van der Waals surface area contributed by atoms with Gasteiger partial charge in [0.15, 0.2) is 0 Å². The van der Waals surface area contributed by atoms with E-state index in [4.69, 9.17) is 4.74 Å². The lowest BCUT2D eigenvalue weighted by Gasteiger charge is -2.24. The molecule has 1 atom stereocenters. The van der Waals surface area contributed by atoms with Gasteiger partial charge in [-0.05, 0) is 36.2 Å². The third kappa shape index (κ3) is 4.57. The number of carbonyl (C=O) groups is 1. The fourth-order valence-corrected chi connectivity index (χ4v) is 2.61. The molecule has 4 heteroatoms. The van der Waals surface area contributed by atoms with Crippen LogP contribution in [0.3, 0.4) is 0 Å². The lowest BCUT2D eigenvalue weighted by Crippen LogP contribution is -2.31. The van der Waals surface area contributed by atoms with Crippen molar-refractivity contribution in [3.63, 3.8) is 0 Å². The van der Waals surface area contributed by atoms with Crippen LogP contribution in [0.2, 0.25) is 0 Å². The molecule has 0 aliphatic rings. The van der Waals surface area contributed by atoms with Gasteiger partial charge in [0.1, 0.15) is 5.75 Å². The average molecular weight is 313 g/mol. The maximum atomic E-state index is 12.5. The highest BCUT2D eigenvalue weighted by molar-refractivity contribution is 5.94. The van der Waals surface area contributed by atoms with Crippen molar-refractivity contribution in [1.29, 1.82) is 0 Å². The summed E-state index contributed by atoms with van der Waals surface area (Å²) in [5.74, 6) is 0.871. The van der Waals surface area contributed by atoms with Gasteiger partial charge in [0, 0.05) is 31.7 Å². The molecule has 0 aliphatic heterocycles. The third-order valence-corrected chi connectivity index (χ3v) is 3.93. The summed E-state index contributed by atoms with van der Waals surface area (Å²) in [5.41, 5.74) is 1.76. The Hall–Kier alpha value is -2.33. The van der Waals surface area contributed by atoms with E-state index in [1.807, 2.05) is 54.6 Å². The van der Waals surface area contributed by atoms with E-state index in [1.165, 1.54) is 0 Å². The molecule has 0 heterocycles. The number of benzene rings is 2. The Morgan fingerprint density at radius 2 is 1.78 bits per heavy atom. The van der Waals surface area contributed by atoms with Crippen LogP contribution in [0.25, 0.3) is 0 Å². The number of ether oxygens (including phenoxy) is 1. The van der Waals surface area contributed by atoms with E-state index in [1.54, 1.807) is 19.1 Å². The van der Waals surface area contributed by atoms with E-state index < -0.39 is 0 Å². The van der Waals surface area contributed by atoms with E-state index in [0.717, 1.165) is 11.3 Å². The second kappa shape index (κ2) is 8.34. The molecule has 0 aliphatic carbocycles. The minimum absolute atomic E-state index is 0.0120. The first-order chi connectivity index (χ1) is 11.2. The van der Waals surface area contributed by atoms with Crippen LogP contribution >= 0.6 is 0 Å². The van der Waals surface area contributed by atoms with Crippen molar-refractivity contribution in [2.75, 3.05) is 27.3 Å². The predicted octanol–water partition coefficient (Wildman–Crippen LogP) is 2.93. The molecule has 2 rings (SSSR count). The molecule has 0 saturated heterocycles. The summed E-state index contributed by atoms with van der Waals surface area (Å²) in [7, 11) is 3.43. The largest absolute Gasteiger partial charge is 0.497 e. The van der Waals surface area contributed by atoms with E-state index in [0.29, 0.717) is 18.5 Å². The topological polar surface area (TPSA) is 49.8 Å². The van der Waals surface area contributed by atoms with Gasteiger partial charge in [-0.15, -0.1) is 0 Å². The van der Waals surface area contributed by atoms with Crippen molar-refractivity contribution in [2.45, 2.75) is 12.3 Å². The minimum Gasteiger partial charge on any atom is -0.497 e. The second-order valence-electron chi connectivity index (χ2n) is 5.53. The maximum absolute atomic E-state index is 12.5. The fraction of sp³-hybridized carbons (Fsp3) is 0.316. The molecule has 0 fully saturated rings. The predicted molar refractivity (Wildman–Crippen MR) is 90.8 cm³/mol.